The van der Waals surface area contributed by atoms with Crippen LogP contribution in [-0.2, 0) is 9.53 Å². The number of aryl methyl sites for hydroxylation is 1. The van der Waals surface area contributed by atoms with E-state index in [0.29, 0.717) is 67.5 Å². The van der Waals surface area contributed by atoms with E-state index in [9.17, 15) is 19.5 Å². The van der Waals surface area contributed by atoms with Crippen molar-refractivity contribution in [3.05, 3.63) is 107 Å². The van der Waals surface area contributed by atoms with Crippen LogP contribution >= 0.6 is 0 Å². The number of nitrogens with two attached hydrogens (primary N) is 3. The fraction of sp³-hybridized carbons (Fsp3) is 0.435. The van der Waals surface area contributed by atoms with Gasteiger partial charge < -0.3 is 46.3 Å². The highest BCUT2D eigenvalue weighted by molar-refractivity contribution is 6.06. The Balaban J connectivity index is 0.842. The highest BCUT2D eigenvalue weighted by atomic mass is 19.1. The maximum Gasteiger partial charge on any atom is 0.328 e. The number of hydrogen-bond acceptors (Lipinski definition) is 11. The normalized spacial score (nSPS) is 21.6. The zero-order valence-electron chi connectivity index (χ0n) is 35.4. The standard InChI is InChI=1S/C46H57FN10O5/c1-3-34-26-55(38(42(49)50)23-37(48)35-6-4-5-7-39(35)58)27-40(62-34)30-8-10-31(11-9-30)44(60)54-20-15-46(47,16-21-54)28-53-17-12-32(13-18-53)57-25-29(2)36-22-33(24-51-43(36)57)56-19-14-41(59)52-45(56)61/h4-11,22-25,32,34,40,58H,3,12-21,26-28,48-50H2,1-2H3,(H,52,59,61)/b37-23-. The Bertz CT molecular complexity index is 2380. The number of carbonyl (C=O) groups excluding carboxylic acids is 3. The number of phenolic OH excluding ortho intramolecular Hbond substituents is 1. The number of fused-ring (bicyclic) bond motifs is 1. The summed E-state index contributed by atoms with van der Waals surface area (Å²) in [6.45, 7) is 7.93. The number of urea groups is 1. The van der Waals surface area contributed by atoms with Crippen LogP contribution in [-0.4, -0.2) is 111 Å². The lowest BCUT2D eigenvalue weighted by atomic mass is 9.91. The van der Waals surface area contributed by atoms with Crippen molar-refractivity contribution in [1.82, 2.24) is 29.6 Å². The molecule has 16 heteroatoms. The van der Waals surface area contributed by atoms with Gasteiger partial charge in [0.2, 0.25) is 5.91 Å². The number of carbonyl (C=O) groups is 3. The molecule has 0 bridgehead atoms. The molecular weight excluding hydrogens is 792 g/mol. The molecule has 4 amide bonds. The number of halogens is 1. The van der Waals surface area contributed by atoms with Gasteiger partial charge in [0, 0.05) is 106 Å². The van der Waals surface area contributed by atoms with E-state index in [2.05, 4.69) is 27.9 Å². The second-order valence-corrected chi connectivity index (χ2v) is 17.1. The van der Waals surface area contributed by atoms with E-state index in [-0.39, 0.29) is 60.9 Å². The zero-order valence-corrected chi connectivity index (χ0v) is 35.4. The number of hydrogen-bond donors (Lipinski definition) is 5. The lowest BCUT2D eigenvalue weighted by molar-refractivity contribution is -0.120. The number of para-hydroxylation sites is 1. The number of benzene rings is 2. The molecule has 15 nitrogen and oxygen atoms in total. The Kier molecular flexibility index (Phi) is 12.1. The third kappa shape index (κ3) is 8.93. The molecule has 2 aromatic carbocycles. The molecular formula is C46H57FN10O5. The van der Waals surface area contributed by atoms with E-state index in [0.717, 1.165) is 54.5 Å². The minimum atomic E-state index is -1.38. The summed E-state index contributed by atoms with van der Waals surface area (Å²) in [5, 5.41) is 13.7. The van der Waals surface area contributed by atoms with Crippen LogP contribution in [0, 0.1) is 6.92 Å². The zero-order chi connectivity index (χ0) is 43.7. The van der Waals surface area contributed by atoms with Crippen molar-refractivity contribution in [2.24, 2.45) is 17.2 Å². The number of allylic oxidation sites excluding steroid dienone is 1. The smallest absolute Gasteiger partial charge is 0.328 e. The molecule has 0 spiro atoms. The number of aromatic nitrogens is 2. The number of likely N-dealkylation sites (tertiary alicyclic amines) is 2. The lowest BCUT2D eigenvalue weighted by Gasteiger charge is -2.41. The van der Waals surface area contributed by atoms with E-state index in [1.165, 1.54) is 0 Å². The molecule has 4 fully saturated rings. The van der Waals surface area contributed by atoms with Crippen LogP contribution in [0.25, 0.3) is 16.7 Å². The fourth-order valence-corrected chi connectivity index (χ4v) is 9.31. The fourth-order valence-electron chi connectivity index (χ4n) is 9.31. The van der Waals surface area contributed by atoms with E-state index < -0.39 is 11.7 Å². The van der Waals surface area contributed by atoms with Gasteiger partial charge in [-0.05, 0) is 73.7 Å². The second-order valence-electron chi connectivity index (χ2n) is 17.1. The molecule has 62 heavy (non-hydrogen) atoms. The van der Waals surface area contributed by atoms with Crippen LogP contribution in [0.4, 0.5) is 14.9 Å². The van der Waals surface area contributed by atoms with Gasteiger partial charge in [-0.15, -0.1) is 0 Å². The van der Waals surface area contributed by atoms with Crippen molar-refractivity contribution in [3.63, 3.8) is 0 Å². The quantitative estimate of drug-likeness (QED) is 0.134. The van der Waals surface area contributed by atoms with Crippen LogP contribution in [0.5, 0.6) is 5.75 Å². The Hall–Kier alpha value is -6.13. The summed E-state index contributed by atoms with van der Waals surface area (Å²) in [5.41, 5.74) is 22.8. The number of rotatable bonds is 10. The summed E-state index contributed by atoms with van der Waals surface area (Å²) < 4.78 is 25.1. The number of pyridine rings is 1. The molecule has 4 aliphatic heterocycles. The number of nitrogens with one attached hydrogen (secondary N) is 1. The number of ether oxygens (including phenoxy) is 1. The number of aromatic hydroxyl groups is 1. The van der Waals surface area contributed by atoms with Crippen molar-refractivity contribution in [2.45, 2.75) is 76.3 Å². The largest absolute Gasteiger partial charge is 0.507 e. The summed E-state index contributed by atoms with van der Waals surface area (Å²) in [4.78, 5) is 50.1. The SMILES string of the molecule is CCC1CN(C(/C=C(\N)c2ccccc2O)=C(N)N)CC(c2ccc(C(=O)N3CCC(F)(CN4CCC(n5cc(C)c6cc(N7CCC(=O)NC7=O)cnc65)CC4)CC3)cc2)O1. The predicted octanol–water partition coefficient (Wildman–Crippen LogP) is 5.02. The Labute approximate surface area is 360 Å². The molecule has 8 rings (SSSR count). The van der Waals surface area contributed by atoms with Gasteiger partial charge in [0.1, 0.15) is 29.0 Å². The highest BCUT2D eigenvalue weighted by Gasteiger charge is 2.39. The predicted molar refractivity (Wildman–Crippen MR) is 235 cm³/mol. The minimum Gasteiger partial charge on any atom is -0.507 e. The first kappa shape index (κ1) is 42.6. The number of anilines is 1. The molecule has 0 radical (unpaired) electrons. The summed E-state index contributed by atoms with van der Waals surface area (Å²) >= 11 is 0. The maximum atomic E-state index is 16.4. The topological polar surface area (TPSA) is 202 Å². The molecule has 4 aliphatic rings. The maximum absolute atomic E-state index is 16.4. The van der Waals surface area contributed by atoms with Crippen LogP contribution in [0.3, 0.4) is 0 Å². The summed E-state index contributed by atoms with van der Waals surface area (Å²) in [7, 11) is 0. The van der Waals surface area contributed by atoms with Gasteiger partial charge in [0.25, 0.3) is 5.91 Å². The van der Waals surface area contributed by atoms with Crippen molar-refractivity contribution in [1.29, 1.82) is 0 Å². The molecule has 328 valence electrons. The lowest BCUT2D eigenvalue weighted by Crippen LogP contribution is -2.51. The van der Waals surface area contributed by atoms with E-state index in [1.807, 2.05) is 42.2 Å². The Morgan fingerprint density at radius 1 is 1.00 bits per heavy atom. The van der Waals surface area contributed by atoms with Gasteiger partial charge in [0.15, 0.2) is 0 Å². The van der Waals surface area contributed by atoms with Gasteiger partial charge >= 0.3 is 6.03 Å². The van der Waals surface area contributed by atoms with Gasteiger partial charge in [-0.1, -0.05) is 31.2 Å². The number of imide groups is 1. The molecule has 4 aromatic rings. The first-order valence-corrected chi connectivity index (χ1v) is 21.6. The minimum absolute atomic E-state index is 0.0558. The summed E-state index contributed by atoms with van der Waals surface area (Å²) in [6.07, 6.45) is 8.30. The van der Waals surface area contributed by atoms with E-state index >= 15 is 4.39 Å². The van der Waals surface area contributed by atoms with Gasteiger partial charge in [-0.2, -0.15) is 0 Å². The van der Waals surface area contributed by atoms with Crippen molar-refractivity contribution in [2.75, 3.05) is 57.3 Å². The van der Waals surface area contributed by atoms with E-state index in [4.69, 9.17) is 26.9 Å². The van der Waals surface area contributed by atoms with Gasteiger partial charge in [0.05, 0.1) is 23.7 Å². The van der Waals surface area contributed by atoms with Crippen LogP contribution in [0.1, 0.15) is 84.6 Å². The third-order valence-corrected chi connectivity index (χ3v) is 12.9. The van der Waals surface area contributed by atoms with Crippen LogP contribution < -0.4 is 27.4 Å². The molecule has 0 aliphatic carbocycles. The number of nitrogens with zero attached hydrogens (tertiary/aromatic N) is 6. The molecule has 0 saturated carbocycles. The van der Waals surface area contributed by atoms with Gasteiger partial charge in [-0.3, -0.25) is 19.8 Å². The summed E-state index contributed by atoms with van der Waals surface area (Å²) in [6, 6.07) is 16.0. The molecule has 8 N–H and O–H groups in total. The number of morpholine rings is 1. The average molecular weight is 849 g/mol. The van der Waals surface area contributed by atoms with Crippen molar-refractivity contribution < 1.29 is 28.6 Å². The third-order valence-electron chi connectivity index (χ3n) is 12.9. The molecule has 2 aromatic heterocycles. The monoisotopic (exact) mass is 848 g/mol. The first-order valence-electron chi connectivity index (χ1n) is 21.6. The average Bonchev–Trinajstić information content (AvgIpc) is 3.60. The Morgan fingerprint density at radius 2 is 1.73 bits per heavy atom. The highest BCUT2D eigenvalue weighted by Crippen LogP contribution is 2.35. The second kappa shape index (κ2) is 17.7. The molecule has 6 heterocycles. The molecule has 4 saturated heterocycles. The van der Waals surface area contributed by atoms with Gasteiger partial charge in [-0.25, -0.2) is 14.2 Å². The number of alkyl halides is 1. The van der Waals surface area contributed by atoms with Crippen molar-refractivity contribution in [3.8, 4) is 5.75 Å². The van der Waals surface area contributed by atoms with Crippen LogP contribution in [0.2, 0.25) is 0 Å². The molecule has 2 unspecified atom stereocenters. The molecule has 2 atom stereocenters. The van der Waals surface area contributed by atoms with Crippen molar-refractivity contribution >= 4 is 40.3 Å². The summed E-state index contributed by atoms with van der Waals surface area (Å²) in [5.74, 6) is -0.237. The first-order chi connectivity index (χ1) is 29.8. The number of amides is 4. The number of piperidine rings is 2. The number of phenols is 1. The van der Waals surface area contributed by atoms with E-state index in [1.54, 1.807) is 46.3 Å². The Morgan fingerprint density at radius 3 is 2.40 bits per heavy atom. The van der Waals surface area contributed by atoms with Crippen LogP contribution in [0.15, 0.2) is 84.6 Å².